The van der Waals surface area contributed by atoms with Gasteiger partial charge in [-0.1, -0.05) is 31.7 Å². The molecule has 1 amide bonds. The van der Waals surface area contributed by atoms with E-state index in [1.807, 2.05) is 20.8 Å². The number of phenols is 1. The van der Waals surface area contributed by atoms with E-state index in [4.69, 9.17) is 9.47 Å². The highest BCUT2D eigenvalue weighted by Crippen LogP contribution is 2.35. The number of nitrogens with zero attached hydrogens (tertiary/aromatic N) is 1. The van der Waals surface area contributed by atoms with Crippen molar-refractivity contribution in [3.63, 3.8) is 0 Å². The molecule has 0 fully saturated rings. The first-order chi connectivity index (χ1) is 13.1. The lowest BCUT2D eigenvalue weighted by Crippen LogP contribution is -2.36. The number of hydrogen-bond acceptors (Lipinski definition) is 4. The number of aromatic hydroxyl groups is 1. The number of benzene rings is 1. The summed E-state index contributed by atoms with van der Waals surface area (Å²) in [7, 11) is 1.75. The van der Waals surface area contributed by atoms with Crippen LogP contribution in [0.25, 0.3) is 6.08 Å². The first-order valence-corrected chi connectivity index (χ1v) is 9.86. The van der Waals surface area contributed by atoms with Crippen molar-refractivity contribution in [1.29, 1.82) is 0 Å². The van der Waals surface area contributed by atoms with E-state index in [9.17, 15) is 9.90 Å². The molecule has 0 unspecified atom stereocenters. The summed E-state index contributed by atoms with van der Waals surface area (Å²) in [4.78, 5) is 13.8. The Morgan fingerprint density at radius 1 is 1.39 bits per heavy atom. The van der Waals surface area contributed by atoms with E-state index in [2.05, 4.69) is 19.6 Å². The Labute approximate surface area is 168 Å². The summed E-state index contributed by atoms with van der Waals surface area (Å²) < 4.78 is 11.6. The lowest BCUT2D eigenvalue weighted by Gasteiger charge is -2.32. The van der Waals surface area contributed by atoms with Gasteiger partial charge in [-0.2, -0.15) is 0 Å². The van der Waals surface area contributed by atoms with Gasteiger partial charge in [-0.3, -0.25) is 0 Å². The van der Waals surface area contributed by atoms with Gasteiger partial charge in [-0.25, -0.2) is 4.79 Å². The van der Waals surface area contributed by atoms with Gasteiger partial charge in [0.25, 0.3) is 0 Å². The third-order valence-corrected chi connectivity index (χ3v) is 4.83. The second kappa shape index (κ2) is 9.18. The van der Waals surface area contributed by atoms with Crippen LogP contribution in [0.15, 0.2) is 36.4 Å². The second-order valence-electron chi connectivity index (χ2n) is 8.46. The van der Waals surface area contributed by atoms with Crippen LogP contribution >= 0.6 is 0 Å². The van der Waals surface area contributed by atoms with Crippen LogP contribution in [0.5, 0.6) is 11.5 Å². The minimum Gasteiger partial charge on any atom is -0.504 e. The van der Waals surface area contributed by atoms with Gasteiger partial charge in [-0.15, -0.1) is 0 Å². The van der Waals surface area contributed by atoms with Gasteiger partial charge in [0.15, 0.2) is 11.5 Å². The average molecular weight is 388 g/mol. The molecule has 0 saturated carbocycles. The molecule has 1 aromatic rings. The number of amides is 1. The van der Waals surface area contributed by atoms with Gasteiger partial charge in [0.1, 0.15) is 11.7 Å². The Morgan fingerprint density at radius 3 is 2.75 bits per heavy atom. The Balaban J connectivity index is 2.07. The standard InChI is InChI=1S/C23H33NO4/c1-7-17-11-12-19(25)20(15-17)27-21-16(2)9-8-10-18(21)13-14-24(6)22(26)28-23(3,4)5/h7,10-12,15-16,21,25H,1,8-9,13-14H2,2-6H3/t16-,21+/m0/s1. The van der Waals surface area contributed by atoms with E-state index in [0.717, 1.165) is 24.0 Å². The predicted molar refractivity (Wildman–Crippen MR) is 113 cm³/mol. The predicted octanol–water partition coefficient (Wildman–Crippen LogP) is 5.40. The minimum absolute atomic E-state index is 0.119. The Hall–Kier alpha value is -2.43. The third kappa shape index (κ3) is 6.04. The number of carbonyl (C=O) groups is 1. The Bertz CT molecular complexity index is 733. The summed E-state index contributed by atoms with van der Waals surface area (Å²) in [6.07, 6.45) is 6.18. The van der Waals surface area contributed by atoms with E-state index >= 15 is 0 Å². The number of ether oxygens (including phenoxy) is 2. The Kier molecular flexibility index (Phi) is 7.17. The SMILES string of the molecule is C=Cc1ccc(O)c(O[C@H]2C(CCN(C)C(=O)OC(C)(C)C)=CCC[C@@H]2C)c1. The molecule has 2 atom stereocenters. The summed E-state index contributed by atoms with van der Waals surface area (Å²) in [5.74, 6) is 0.898. The van der Waals surface area contributed by atoms with Crippen molar-refractivity contribution in [2.75, 3.05) is 13.6 Å². The maximum Gasteiger partial charge on any atom is 0.410 e. The van der Waals surface area contributed by atoms with Gasteiger partial charge in [0.05, 0.1) is 0 Å². The summed E-state index contributed by atoms with van der Waals surface area (Å²) in [6.45, 7) is 12.1. The number of hydrogen-bond donors (Lipinski definition) is 1. The molecule has 0 aromatic heterocycles. The van der Waals surface area contributed by atoms with Crippen LogP contribution < -0.4 is 4.74 Å². The summed E-state index contributed by atoms with van der Waals surface area (Å²) >= 11 is 0. The van der Waals surface area contributed by atoms with Crippen molar-refractivity contribution in [3.8, 4) is 11.5 Å². The lowest BCUT2D eigenvalue weighted by molar-refractivity contribution is 0.0297. The van der Waals surface area contributed by atoms with E-state index in [1.54, 1.807) is 36.2 Å². The molecule has 0 radical (unpaired) electrons. The fourth-order valence-corrected chi connectivity index (χ4v) is 3.22. The molecule has 0 saturated heterocycles. The molecule has 1 aliphatic carbocycles. The smallest absolute Gasteiger partial charge is 0.410 e. The molecule has 1 N–H and O–H groups in total. The molecule has 5 nitrogen and oxygen atoms in total. The molecule has 0 bridgehead atoms. The van der Waals surface area contributed by atoms with Crippen molar-refractivity contribution in [2.45, 2.75) is 58.7 Å². The normalized spacial score (nSPS) is 19.5. The maximum absolute atomic E-state index is 12.2. The summed E-state index contributed by atoms with van der Waals surface area (Å²) in [6, 6.07) is 5.22. The number of phenolic OH excluding ortho intramolecular Hbond substituents is 1. The topological polar surface area (TPSA) is 59.0 Å². The fraction of sp³-hybridized carbons (Fsp3) is 0.522. The van der Waals surface area contributed by atoms with Gasteiger partial charge < -0.3 is 19.5 Å². The monoisotopic (exact) mass is 387 g/mol. The molecule has 2 rings (SSSR count). The molecule has 154 valence electrons. The van der Waals surface area contributed by atoms with Crippen molar-refractivity contribution < 1.29 is 19.4 Å². The summed E-state index contributed by atoms with van der Waals surface area (Å²) in [5.41, 5.74) is 1.53. The van der Waals surface area contributed by atoms with Gasteiger partial charge in [-0.05, 0) is 69.2 Å². The van der Waals surface area contributed by atoms with Crippen molar-refractivity contribution >= 4 is 12.2 Å². The van der Waals surface area contributed by atoms with Crippen LogP contribution in [0, 0.1) is 5.92 Å². The van der Waals surface area contributed by atoms with E-state index in [1.165, 1.54) is 0 Å². The first-order valence-electron chi connectivity index (χ1n) is 9.86. The van der Waals surface area contributed by atoms with Crippen LogP contribution in [0.2, 0.25) is 0 Å². The van der Waals surface area contributed by atoms with Crippen LogP contribution in [-0.4, -0.2) is 41.4 Å². The molecule has 5 heteroatoms. The highest BCUT2D eigenvalue weighted by atomic mass is 16.6. The largest absolute Gasteiger partial charge is 0.504 e. The lowest BCUT2D eigenvalue weighted by atomic mass is 9.85. The molecule has 0 spiro atoms. The molecule has 1 aromatic carbocycles. The first kappa shape index (κ1) is 21.9. The second-order valence-corrected chi connectivity index (χ2v) is 8.46. The zero-order valence-electron chi connectivity index (χ0n) is 17.7. The van der Waals surface area contributed by atoms with Gasteiger partial charge >= 0.3 is 6.09 Å². The molecular formula is C23H33NO4. The van der Waals surface area contributed by atoms with E-state index in [0.29, 0.717) is 24.6 Å². The number of carbonyl (C=O) groups excluding carboxylic acids is 1. The van der Waals surface area contributed by atoms with Gasteiger partial charge in [0, 0.05) is 13.6 Å². The molecule has 0 aliphatic heterocycles. The van der Waals surface area contributed by atoms with Crippen molar-refractivity contribution in [2.24, 2.45) is 5.92 Å². The maximum atomic E-state index is 12.2. The van der Waals surface area contributed by atoms with Gasteiger partial charge in [0.2, 0.25) is 0 Å². The van der Waals surface area contributed by atoms with Crippen molar-refractivity contribution in [1.82, 2.24) is 4.90 Å². The molecule has 28 heavy (non-hydrogen) atoms. The minimum atomic E-state index is -0.511. The molecule has 0 heterocycles. The zero-order valence-corrected chi connectivity index (χ0v) is 17.7. The molecule has 1 aliphatic rings. The van der Waals surface area contributed by atoms with E-state index in [-0.39, 0.29) is 17.9 Å². The third-order valence-electron chi connectivity index (χ3n) is 4.83. The van der Waals surface area contributed by atoms with Crippen LogP contribution in [0.3, 0.4) is 0 Å². The van der Waals surface area contributed by atoms with Crippen LogP contribution in [0.4, 0.5) is 4.79 Å². The fourth-order valence-electron chi connectivity index (χ4n) is 3.22. The molecular weight excluding hydrogens is 354 g/mol. The van der Waals surface area contributed by atoms with Crippen LogP contribution in [-0.2, 0) is 4.74 Å². The zero-order chi connectivity index (χ0) is 20.9. The summed E-state index contributed by atoms with van der Waals surface area (Å²) in [5, 5.41) is 10.2. The number of rotatable bonds is 6. The van der Waals surface area contributed by atoms with E-state index < -0.39 is 5.60 Å². The number of allylic oxidation sites excluding steroid dienone is 1. The average Bonchev–Trinajstić information content (AvgIpc) is 2.62. The highest BCUT2D eigenvalue weighted by molar-refractivity contribution is 5.67. The van der Waals surface area contributed by atoms with Crippen LogP contribution in [0.1, 0.15) is 52.5 Å². The highest BCUT2D eigenvalue weighted by Gasteiger charge is 2.28. The quantitative estimate of drug-likeness (QED) is 0.664. The van der Waals surface area contributed by atoms with Crippen molar-refractivity contribution in [3.05, 3.63) is 42.0 Å². The Morgan fingerprint density at radius 2 is 2.11 bits per heavy atom.